The van der Waals surface area contributed by atoms with Gasteiger partial charge in [-0.3, -0.25) is 4.79 Å². The van der Waals surface area contributed by atoms with E-state index in [1.54, 1.807) is 13.8 Å². The SMILES string of the molecule is CC(C)(O)CNC(=O)c1nc(Cl)ccc1Cl. The summed E-state index contributed by atoms with van der Waals surface area (Å²) in [5, 5.41) is 12.4. The molecule has 1 rings (SSSR count). The molecule has 1 amide bonds. The smallest absolute Gasteiger partial charge is 0.271 e. The van der Waals surface area contributed by atoms with Crippen molar-refractivity contribution >= 4 is 29.1 Å². The number of aromatic nitrogens is 1. The average molecular weight is 263 g/mol. The van der Waals surface area contributed by atoms with Gasteiger partial charge in [0.25, 0.3) is 5.91 Å². The lowest BCUT2D eigenvalue weighted by atomic mass is 10.1. The summed E-state index contributed by atoms with van der Waals surface area (Å²) in [7, 11) is 0. The highest BCUT2D eigenvalue weighted by Gasteiger charge is 2.17. The highest BCUT2D eigenvalue weighted by molar-refractivity contribution is 6.34. The molecule has 4 nitrogen and oxygen atoms in total. The van der Waals surface area contributed by atoms with Crippen LogP contribution in [0.2, 0.25) is 10.2 Å². The number of pyridine rings is 1. The fourth-order valence-corrected chi connectivity index (χ4v) is 1.30. The molecule has 0 spiro atoms. The van der Waals surface area contributed by atoms with Crippen molar-refractivity contribution in [3.63, 3.8) is 0 Å². The van der Waals surface area contributed by atoms with Gasteiger partial charge in [-0.25, -0.2) is 4.98 Å². The average Bonchev–Trinajstić information content (AvgIpc) is 2.17. The topological polar surface area (TPSA) is 62.2 Å². The van der Waals surface area contributed by atoms with Gasteiger partial charge in [-0.1, -0.05) is 23.2 Å². The number of carbonyl (C=O) groups is 1. The molecule has 0 bridgehead atoms. The van der Waals surface area contributed by atoms with E-state index in [0.717, 1.165) is 0 Å². The number of carbonyl (C=O) groups excluding carboxylic acids is 1. The molecule has 0 unspecified atom stereocenters. The van der Waals surface area contributed by atoms with E-state index in [2.05, 4.69) is 10.3 Å². The zero-order chi connectivity index (χ0) is 12.3. The molecule has 0 aromatic carbocycles. The Morgan fingerprint density at radius 3 is 2.69 bits per heavy atom. The minimum atomic E-state index is -0.985. The summed E-state index contributed by atoms with van der Waals surface area (Å²) in [5.41, 5.74) is -0.931. The third-order valence-electron chi connectivity index (χ3n) is 1.71. The molecule has 0 fully saturated rings. The number of nitrogens with zero attached hydrogens (tertiary/aromatic N) is 1. The number of nitrogens with one attached hydrogen (secondary N) is 1. The minimum Gasteiger partial charge on any atom is -0.389 e. The maximum atomic E-state index is 11.6. The Morgan fingerprint density at radius 1 is 1.50 bits per heavy atom. The molecule has 0 saturated carbocycles. The Kier molecular flexibility index (Phi) is 4.13. The standard InChI is InChI=1S/C10H12Cl2N2O2/c1-10(2,16)5-13-9(15)8-6(11)3-4-7(12)14-8/h3-4,16H,5H2,1-2H3,(H,13,15). The van der Waals surface area contributed by atoms with Crippen LogP contribution >= 0.6 is 23.2 Å². The number of hydrogen-bond acceptors (Lipinski definition) is 3. The number of halogens is 2. The van der Waals surface area contributed by atoms with E-state index in [-0.39, 0.29) is 22.4 Å². The first-order chi connectivity index (χ1) is 7.29. The molecule has 0 atom stereocenters. The zero-order valence-corrected chi connectivity index (χ0v) is 10.4. The first-order valence-electron chi connectivity index (χ1n) is 4.62. The van der Waals surface area contributed by atoms with Crippen LogP contribution in [0.3, 0.4) is 0 Å². The molecule has 0 radical (unpaired) electrons. The van der Waals surface area contributed by atoms with Gasteiger partial charge in [0.1, 0.15) is 10.8 Å². The molecule has 0 saturated heterocycles. The van der Waals surface area contributed by atoms with E-state index in [0.29, 0.717) is 0 Å². The maximum Gasteiger partial charge on any atom is 0.271 e. The second-order valence-electron chi connectivity index (χ2n) is 3.96. The molecule has 2 N–H and O–H groups in total. The predicted octanol–water partition coefficient (Wildman–Crippen LogP) is 1.89. The van der Waals surface area contributed by atoms with E-state index in [4.69, 9.17) is 23.2 Å². The summed E-state index contributed by atoms with van der Waals surface area (Å²) in [6.45, 7) is 3.27. The summed E-state index contributed by atoms with van der Waals surface area (Å²) < 4.78 is 0. The Labute approximate surface area is 104 Å². The Bertz CT molecular complexity index is 402. The van der Waals surface area contributed by atoms with E-state index < -0.39 is 11.5 Å². The van der Waals surface area contributed by atoms with Gasteiger partial charge < -0.3 is 10.4 Å². The highest BCUT2D eigenvalue weighted by Crippen LogP contribution is 2.16. The van der Waals surface area contributed by atoms with Crippen LogP contribution in [-0.2, 0) is 0 Å². The Balaban J connectivity index is 2.77. The van der Waals surface area contributed by atoms with Gasteiger partial charge in [0.2, 0.25) is 0 Å². The summed E-state index contributed by atoms with van der Waals surface area (Å²) >= 11 is 11.4. The number of amides is 1. The van der Waals surface area contributed by atoms with Gasteiger partial charge in [0, 0.05) is 6.54 Å². The summed E-state index contributed by atoms with van der Waals surface area (Å²) in [6, 6.07) is 2.99. The number of rotatable bonds is 3. The summed E-state index contributed by atoms with van der Waals surface area (Å²) in [4.78, 5) is 15.4. The predicted molar refractivity (Wildman–Crippen MR) is 62.9 cm³/mol. The molecule has 0 aliphatic carbocycles. The van der Waals surface area contributed by atoms with Gasteiger partial charge in [0.15, 0.2) is 0 Å². The Hall–Kier alpha value is -0.840. The van der Waals surface area contributed by atoms with Crippen LogP contribution in [-0.4, -0.2) is 28.1 Å². The van der Waals surface area contributed by atoms with Crippen molar-refractivity contribution in [2.45, 2.75) is 19.4 Å². The van der Waals surface area contributed by atoms with Crippen molar-refractivity contribution in [1.82, 2.24) is 10.3 Å². The van der Waals surface area contributed by atoms with Gasteiger partial charge in [0.05, 0.1) is 10.6 Å². The number of hydrogen-bond donors (Lipinski definition) is 2. The second kappa shape index (κ2) is 4.99. The Morgan fingerprint density at radius 2 is 2.12 bits per heavy atom. The van der Waals surface area contributed by atoms with Crippen molar-refractivity contribution < 1.29 is 9.90 Å². The van der Waals surface area contributed by atoms with Crippen molar-refractivity contribution in [3.8, 4) is 0 Å². The van der Waals surface area contributed by atoms with Crippen LogP contribution in [0, 0.1) is 0 Å². The monoisotopic (exact) mass is 262 g/mol. The van der Waals surface area contributed by atoms with Crippen LogP contribution in [0.25, 0.3) is 0 Å². The highest BCUT2D eigenvalue weighted by atomic mass is 35.5. The van der Waals surface area contributed by atoms with Crippen LogP contribution in [0.1, 0.15) is 24.3 Å². The maximum absolute atomic E-state index is 11.6. The molecule has 1 aromatic heterocycles. The van der Waals surface area contributed by atoms with Gasteiger partial charge in [-0.15, -0.1) is 0 Å². The number of aliphatic hydroxyl groups is 1. The van der Waals surface area contributed by atoms with Crippen molar-refractivity contribution in [2.24, 2.45) is 0 Å². The van der Waals surface area contributed by atoms with Gasteiger partial charge in [-0.2, -0.15) is 0 Å². The quantitative estimate of drug-likeness (QED) is 0.818. The molecule has 0 aliphatic rings. The lowest BCUT2D eigenvalue weighted by molar-refractivity contribution is 0.0692. The fraction of sp³-hybridized carbons (Fsp3) is 0.400. The van der Waals surface area contributed by atoms with Crippen LogP contribution < -0.4 is 5.32 Å². The van der Waals surface area contributed by atoms with Gasteiger partial charge in [-0.05, 0) is 26.0 Å². The van der Waals surface area contributed by atoms with E-state index in [9.17, 15) is 9.90 Å². The van der Waals surface area contributed by atoms with E-state index in [1.165, 1.54) is 12.1 Å². The van der Waals surface area contributed by atoms with Crippen molar-refractivity contribution in [1.29, 1.82) is 0 Å². The lowest BCUT2D eigenvalue weighted by Crippen LogP contribution is -2.38. The van der Waals surface area contributed by atoms with Crippen molar-refractivity contribution in [2.75, 3.05) is 6.54 Å². The third-order valence-corrected chi connectivity index (χ3v) is 2.22. The first-order valence-corrected chi connectivity index (χ1v) is 5.38. The first kappa shape index (κ1) is 13.2. The molecular weight excluding hydrogens is 251 g/mol. The van der Waals surface area contributed by atoms with Crippen LogP contribution in [0.15, 0.2) is 12.1 Å². The fourth-order valence-electron chi connectivity index (χ4n) is 0.958. The van der Waals surface area contributed by atoms with Crippen molar-refractivity contribution in [3.05, 3.63) is 28.0 Å². The van der Waals surface area contributed by atoms with E-state index >= 15 is 0 Å². The normalized spacial score (nSPS) is 11.3. The molecule has 6 heteroatoms. The molecule has 88 valence electrons. The molecule has 0 aliphatic heterocycles. The molecule has 16 heavy (non-hydrogen) atoms. The van der Waals surface area contributed by atoms with Gasteiger partial charge >= 0.3 is 0 Å². The van der Waals surface area contributed by atoms with Crippen LogP contribution in [0.4, 0.5) is 0 Å². The summed E-state index contributed by atoms with van der Waals surface area (Å²) in [6.07, 6.45) is 0. The zero-order valence-electron chi connectivity index (χ0n) is 8.92. The second-order valence-corrected chi connectivity index (χ2v) is 4.75. The largest absolute Gasteiger partial charge is 0.389 e. The lowest BCUT2D eigenvalue weighted by Gasteiger charge is -2.17. The molecular formula is C10H12Cl2N2O2. The third kappa shape index (κ3) is 3.96. The minimum absolute atomic E-state index is 0.0541. The molecule has 1 aromatic rings. The van der Waals surface area contributed by atoms with E-state index in [1.807, 2.05) is 0 Å². The molecule has 1 heterocycles. The van der Waals surface area contributed by atoms with Crippen LogP contribution in [0.5, 0.6) is 0 Å². The summed E-state index contributed by atoms with van der Waals surface area (Å²) in [5.74, 6) is -0.463.